The molecular formula is C24H29F2N2O2-. The topological polar surface area (TPSA) is 55.4 Å². The molecular weight excluding hydrogens is 386 g/mol. The van der Waals surface area contributed by atoms with E-state index < -0.39 is 17.7 Å². The van der Waals surface area contributed by atoms with Crippen LogP contribution in [0.1, 0.15) is 50.3 Å². The molecule has 162 valence electrons. The summed E-state index contributed by atoms with van der Waals surface area (Å²) in [6.45, 7) is 8.53. The molecule has 2 aromatic rings. The molecule has 1 aliphatic heterocycles. The normalized spacial score (nSPS) is 19.6. The number of hydrogen-bond donors (Lipinski definition) is 1. The van der Waals surface area contributed by atoms with Gasteiger partial charge in [-0.15, -0.1) is 0 Å². The maximum atomic E-state index is 13.6. The van der Waals surface area contributed by atoms with Crippen LogP contribution in [0.4, 0.5) is 19.3 Å². The number of carboxylic acid groups (broad SMARTS) is 1. The second-order valence-corrected chi connectivity index (χ2v) is 9.29. The number of piperidine rings is 1. The van der Waals surface area contributed by atoms with Crippen molar-refractivity contribution in [3.8, 4) is 0 Å². The molecule has 0 aromatic heterocycles. The van der Waals surface area contributed by atoms with Crippen LogP contribution in [0.2, 0.25) is 0 Å². The molecule has 2 atom stereocenters. The molecule has 0 radical (unpaired) electrons. The van der Waals surface area contributed by atoms with Gasteiger partial charge in [0, 0.05) is 24.3 Å². The number of benzene rings is 2. The Hall–Kier alpha value is -2.63. The average molecular weight is 416 g/mol. The molecule has 2 unspecified atom stereocenters. The highest BCUT2D eigenvalue weighted by molar-refractivity contribution is 5.63. The maximum absolute atomic E-state index is 13.6. The lowest BCUT2D eigenvalue weighted by molar-refractivity contribution is -0.271. The number of nitrogens with one attached hydrogen (secondary N) is 1. The van der Waals surface area contributed by atoms with Crippen molar-refractivity contribution in [2.75, 3.05) is 11.9 Å². The Balaban J connectivity index is 1.81. The third-order valence-electron chi connectivity index (χ3n) is 5.84. The van der Waals surface area contributed by atoms with Crippen LogP contribution in [0, 0.1) is 24.0 Å². The zero-order valence-corrected chi connectivity index (χ0v) is 18.0. The minimum atomic E-state index is -1.12. The zero-order valence-electron chi connectivity index (χ0n) is 18.0. The van der Waals surface area contributed by atoms with Gasteiger partial charge in [0.25, 0.3) is 0 Å². The summed E-state index contributed by atoms with van der Waals surface area (Å²) in [5.74, 6) is -1.70. The summed E-state index contributed by atoms with van der Waals surface area (Å²) in [5, 5.41) is 15.1. The first-order chi connectivity index (χ1) is 14.0. The minimum absolute atomic E-state index is 0.108. The monoisotopic (exact) mass is 415 g/mol. The van der Waals surface area contributed by atoms with Gasteiger partial charge in [-0.2, -0.15) is 0 Å². The largest absolute Gasteiger partial charge is 0.530 e. The molecule has 0 spiro atoms. The molecule has 2 aromatic carbocycles. The van der Waals surface area contributed by atoms with E-state index in [1.54, 1.807) is 6.07 Å². The Bertz CT molecular complexity index is 924. The van der Waals surface area contributed by atoms with Crippen molar-refractivity contribution < 1.29 is 18.7 Å². The molecule has 1 saturated heterocycles. The Morgan fingerprint density at radius 1 is 1.17 bits per heavy atom. The van der Waals surface area contributed by atoms with Crippen LogP contribution >= 0.6 is 0 Å². The molecule has 3 rings (SSSR count). The van der Waals surface area contributed by atoms with E-state index in [0.717, 1.165) is 22.9 Å². The molecule has 0 bridgehead atoms. The van der Waals surface area contributed by atoms with E-state index in [4.69, 9.17) is 0 Å². The first-order valence-corrected chi connectivity index (χ1v) is 10.3. The maximum Gasteiger partial charge on any atom is 0.159 e. The standard InChI is InChI=1S/C24H30F2N2O2/c1-15-5-8-21(17(11-15)12-16-6-7-19(25)20(26)13-16)27-18-9-10-28(23(29)30)22(14-18)24(2,3)4/h5-8,11,13,18,22,27H,9-10,12,14H2,1-4H3,(H,29,30)/p-1. The van der Waals surface area contributed by atoms with Gasteiger partial charge in [0.05, 0.1) is 0 Å². The number of aryl methyl sites for hydroxylation is 1. The van der Waals surface area contributed by atoms with Crippen LogP contribution in [-0.2, 0) is 6.42 Å². The fourth-order valence-electron chi connectivity index (χ4n) is 4.24. The number of likely N-dealkylation sites (tertiary alicyclic amines) is 1. The number of anilines is 1. The van der Waals surface area contributed by atoms with Crippen molar-refractivity contribution in [3.05, 3.63) is 64.7 Å². The van der Waals surface area contributed by atoms with Crippen molar-refractivity contribution in [2.24, 2.45) is 5.41 Å². The zero-order chi connectivity index (χ0) is 22.1. The molecule has 1 aliphatic rings. The summed E-state index contributed by atoms with van der Waals surface area (Å²) in [4.78, 5) is 13.0. The highest BCUT2D eigenvalue weighted by Gasteiger charge is 2.36. The number of hydrogen-bond acceptors (Lipinski definition) is 3. The Morgan fingerprint density at radius 3 is 2.53 bits per heavy atom. The lowest BCUT2D eigenvalue weighted by Crippen LogP contribution is -2.57. The molecule has 1 heterocycles. The van der Waals surface area contributed by atoms with Gasteiger partial charge in [0.15, 0.2) is 11.6 Å². The van der Waals surface area contributed by atoms with Crippen LogP contribution in [0.15, 0.2) is 36.4 Å². The molecule has 1 amide bonds. The third-order valence-corrected chi connectivity index (χ3v) is 5.84. The van der Waals surface area contributed by atoms with Crippen LogP contribution in [-0.4, -0.2) is 29.6 Å². The summed E-state index contributed by atoms with van der Waals surface area (Å²) in [6.07, 6.45) is 0.708. The molecule has 0 aliphatic carbocycles. The number of amides is 1. The number of halogens is 2. The predicted octanol–water partition coefficient (Wildman–Crippen LogP) is 4.50. The number of carbonyl (C=O) groups is 1. The third kappa shape index (κ3) is 5.10. The lowest BCUT2D eigenvalue weighted by Gasteiger charge is -2.47. The number of rotatable bonds is 4. The quantitative estimate of drug-likeness (QED) is 0.800. The highest BCUT2D eigenvalue weighted by Crippen LogP contribution is 2.33. The highest BCUT2D eigenvalue weighted by atomic mass is 19.2. The van der Waals surface area contributed by atoms with Gasteiger partial charge in [-0.1, -0.05) is 44.5 Å². The van der Waals surface area contributed by atoms with Crippen molar-refractivity contribution in [1.29, 1.82) is 0 Å². The van der Waals surface area contributed by atoms with Gasteiger partial charge in [0.1, 0.15) is 6.09 Å². The SMILES string of the molecule is Cc1ccc(NC2CCN(C(=O)[O-])C(C(C)(C)C)C2)c(Cc2ccc(F)c(F)c2)c1. The van der Waals surface area contributed by atoms with Crippen LogP contribution < -0.4 is 10.4 Å². The molecule has 4 nitrogen and oxygen atoms in total. The van der Waals surface area contributed by atoms with Crippen molar-refractivity contribution in [3.63, 3.8) is 0 Å². The first kappa shape index (κ1) is 22.1. The van der Waals surface area contributed by atoms with E-state index >= 15 is 0 Å². The van der Waals surface area contributed by atoms with Gasteiger partial charge >= 0.3 is 0 Å². The van der Waals surface area contributed by atoms with Gasteiger partial charge in [-0.3, -0.25) is 0 Å². The fourth-order valence-corrected chi connectivity index (χ4v) is 4.24. The van der Waals surface area contributed by atoms with Gasteiger partial charge in [-0.05, 0) is 60.9 Å². The van der Waals surface area contributed by atoms with E-state index in [1.165, 1.54) is 11.0 Å². The van der Waals surface area contributed by atoms with E-state index in [2.05, 4.69) is 5.32 Å². The van der Waals surface area contributed by atoms with E-state index in [9.17, 15) is 18.7 Å². The number of nitrogens with zero attached hydrogens (tertiary/aromatic N) is 1. The summed E-state index contributed by atoms with van der Waals surface area (Å²) in [7, 11) is 0. The summed E-state index contributed by atoms with van der Waals surface area (Å²) < 4.78 is 26.9. The molecule has 30 heavy (non-hydrogen) atoms. The number of carbonyl (C=O) groups excluding carboxylic acids is 1. The summed E-state index contributed by atoms with van der Waals surface area (Å²) in [5.41, 5.74) is 3.50. The smallest absolute Gasteiger partial charge is 0.159 e. The van der Waals surface area contributed by atoms with Crippen LogP contribution in [0.3, 0.4) is 0 Å². The summed E-state index contributed by atoms with van der Waals surface area (Å²) >= 11 is 0. The molecule has 1 fully saturated rings. The van der Waals surface area contributed by atoms with E-state index in [-0.39, 0.29) is 17.5 Å². The minimum Gasteiger partial charge on any atom is -0.530 e. The fraction of sp³-hybridized carbons (Fsp3) is 0.458. The molecule has 6 heteroatoms. The summed E-state index contributed by atoms with van der Waals surface area (Å²) in [6, 6.07) is 9.99. The van der Waals surface area contributed by atoms with Gasteiger partial charge in [-0.25, -0.2) is 8.78 Å². The molecule has 0 saturated carbocycles. The van der Waals surface area contributed by atoms with Crippen molar-refractivity contribution in [2.45, 2.75) is 59.0 Å². The van der Waals surface area contributed by atoms with Crippen LogP contribution in [0.5, 0.6) is 0 Å². The predicted molar refractivity (Wildman–Crippen MR) is 112 cm³/mol. The van der Waals surface area contributed by atoms with Gasteiger partial charge in [0.2, 0.25) is 0 Å². The van der Waals surface area contributed by atoms with E-state index in [1.807, 2.05) is 45.9 Å². The van der Waals surface area contributed by atoms with E-state index in [0.29, 0.717) is 31.4 Å². The molecule has 1 N–H and O–H groups in total. The lowest BCUT2D eigenvalue weighted by atomic mass is 9.79. The Morgan fingerprint density at radius 2 is 1.90 bits per heavy atom. The van der Waals surface area contributed by atoms with Crippen molar-refractivity contribution in [1.82, 2.24) is 4.90 Å². The second kappa shape index (κ2) is 8.62. The first-order valence-electron chi connectivity index (χ1n) is 10.3. The van der Waals surface area contributed by atoms with Crippen molar-refractivity contribution >= 4 is 11.8 Å². The Kier molecular flexibility index (Phi) is 6.34. The van der Waals surface area contributed by atoms with Gasteiger partial charge < -0.3 is 20.1 Å². The average Bonchev–Trinajstić information content (AvgIpc) is 2.66. The Labute approximate surface area is 176 Å². The van der Waals surface area contributed by atoms with Crippen LogP contribution in [0.25, 0.3) is 0 Å². The second-order valence-electron chi connectivity index (χ2n) is 9.29.